The van der Waals surface area contributed by atoms with Crippen LogP contribution in [0.1, 0.15) is 49.4 Å². The van der Waals surface area contributed by atoms with Crippen molar-refractivity contribution in [3.63, 3.8) is 0 Å². The number of nitrogens with one attached hydrogen (secondary N) is 1. The van der Waals surface area contributed by atoms with Crippen molar-refractivity contribution in [3.05, 3.63) is 70.8 Å². The van der Waals surface area contributed by atoms with Crippen LogP contribution in [0.25, 0.3) is 0 Å². The molecule has 2 aromatic carbocycles. The Bertz CT molecular complexity index is 830. The van der Waals surface area contributed by atoms with E-state index in [4.69, 9.17) is 0 Å². The van der Waals surface area contributed by atoms with Gasteiger partial charge in [0.05, 0.1) is 6.42 Å². The quantitative estimate of drug-likeness (QED) is 0.631. The number of aryl methyl sites for hydroxylation is 2. The molecule has 0 heterocycles. The zero-order valence-electron chi connectivity index (χ0n) is 19.1. The molecule has 0 saturated heterocycles. The fourth-order valence-corrected chi connectivity index (χ4v) is 3.57. The number of rotatable bonds is 10. The van der Waals surface area contributed by atoms with E-state index in [1.807, 2.05) is 39.0 Å². The summed E-state index contributed by atoms with van der Waals surface area (Å²) in [7, 11) is 0. The molecule has 1 N–H and O–H groups in total. The van der Waals surface area contributed by atoms with E-state index in [9.17, 15) is 9.59 Å². The van der Waals surface area contributed by atoms with Gasteiger partial charge in [-0.15, -0.1) is 0 Å². The zero-order valence-corrected chi connectivity index (χ0v) is 19.1. The molecule has 0 bridgehead atoms. The molecule has 0 unspecified atom stereocenters. The van der Waals surface area contributed by atoms with Crippen LogP contribution in [0.15, 0.2) is 48.5 Å². The molecule has 0 fully saturated rings. The predicted molar refractivity (Wildman–Crippen MR) is 123 cm³/mol. The van der Waals surface area contributed by atoms with Crippen molar-refractivity contribution < 1.29 is 9.59 Å². The molecule has 0 saturated carbocycles. The van der Waals surface area contributed by atoms with Gasteiger partial charge in [0.25, 0.3) is 0 Å². The first-order valence-corrected chi connectivity index (χ1v) is 11.0. The summed E-state index contributed by atoms with van der Waals surface area (Å²) in [6.45, 7) is 11.3. The SMILES string of the molecule is CC[C@@H](C(=O)NCC(C)C)N(CCc1ccccc1)C(=O)Cc1cc(C)ccc1C. The van der Waals surface area contributed by atoms with Gasteiger partial charge in [0.1, 0.15) is 6.04 Å². The lowest BCUT2D eigenvalue weighted by Gasteiger charge is -2.31. The maximum atomic E-state index is 13.4. The van der Waals surface area contributed by atoms with Crippen molar-refractivity contribution in [2.45, 2.75) is 59.9 Å². The minimum Gasteiger partial charge on any atom is -0.354 e. The number of nitrogens with zero attached hydrogens (tertiary/aromatic N) is 1. The third kappa shape index (κ3) is 7.01. The van der Waals surface area contributed by atoms with Crippen LogP contribution in [0.4, 0.5) is 0 Å². The van der Waals surface area contributed by atoms with Crippen LogP contribution in [0.3, 0.4) is 0 Å². The van der Waals surface area contributed by atoms with Crippen molar-refractivity contribution in [2.75, 3.05) is 13.1 Å². The first-order chi connectivity index (χ1) is 14.3. The van der Waals surface area contributed by atoms with E-state index in [2.05, 4.69) is 49.5 Å². The van der Waals surface area contributed by atoms with Crippen LogP contribution < -0.4 is 5.32 Å². The van der Waals surface area contributed by atoms with Crippen LogP contribution in [-0.2, 0) is 22.4 Å². The van der Waals surface area contributed by atoms with Gasteiger partial charge in [-0.25, -0.2) is 0 Å². The normalized spacial score (nSPS) is 11.9. The molecule has 0 radical (unpaired) electrons. The molecule has 2 aromatic rings. The Hall–Kier alpha value is -2.62. The summed E-state index contributed by atoms with van der Waals surface area (Å²) < 4.78 is 0. The summed E-state index contributed by atoms with van der Waals surface area (Å²) in [5.41, 5.74) is 4.44. The summed E-state index contributed by atoms with van der Waals surface area (Å²) in [4.78, 5) is 28.1. The minimum atomic E-state index is -0.454. The molecular weight excluding hydrogens is 372 g/mol. The predicted octanol–water partition coefficient (Wildman–Crippen LogP) is 4.47. The number of carbonyl (C=O) groups is 2. The summed E-state index contributed by atoms with van der Waals surface area (Å²) in [5.74, 6) is 0.314. The Morgan fingerprint density at radius 1 is 1.03 bits per heavy atom. The molecule has 0 aliphatic carbocycles. The number of amides is 2. The van der Waals surface area contributed by atoms with Gasteiger partial charge < -0.3 is 10.2 Å². The second kappa shape index (κ2) is 11.5. The molecular formula is C26H36N2O2. The van der Waals surface area contributed by atoms with Gasteiger partial charge in [-0.05, 0) is 49.3 Å². The van der Waals surface area contributed by atoms with Crippen molar-refractivity contribution in [2.24, 2.45) is 5.92 Å². The Labute approximate surface area is 181 Å². The van der Waals surface area contributed by atoms with Gasteiger partial charge in [0.15, 0.2) is 0 Å². The van der Waals surface area contributed by atoms with Crippen molar-refractivity contribution >= 4 is 11.8 Å². The second-order valence-electron chi connectivity index (χ2n) is 8.49. The van der Waals surface area contributed by atoms with E-state index in [1.54, 1.807) is 4.90 Å². The minimum absolute atomic E-state index is 0.00572. The first kappa shape index (κ1) is 23.7. The zero-order chi connectivity index (χ0) is 22.1. The maximum absolute atomic E-state index is 13.4. The Kier molecular flexibility index (Phi) is 9.10. The van der Waals surface area contributed by atoms with Crippen LogP contribution >= 0.6 is 0 Å². The van der Waals surface area contributed by atoms with Gasteiger partial charge in [0.2, 0.25) is 11.8 Å². The average Bonchev–Trinajstić information content (AvgIpc) is 2.72. The fraction of sp³-hybridized carbons (Fsp3) is 0.462. The smallest absolute Gasteiger partial charge is 0.242 e. The van der Waals surface area contributed by atoms with E-state index >= 15 is 0 Å². The summed E-state index contributed by atoms with van der Waals surface area (Å²) >= 11 is 0. The number of benzene rings is 2. The van der Waals surface area contributed by atoms with Crippen molar-refractivity contribution in [1.82, 2.24) is 10.2 Å². The highest BCUT2D eigenvalue weighted by molar-refractivity contribution is 5.88. The Morgan fingerprint density at radius 2 is 1.73 bits per heavy atom. The Balaban J connectivity index is 2.22. The third-order valence-corrected chi connectivity index (χ3v) is 5.40. The van der Waals surface area contributed by atoms with Gasteiger partial charge in [0, 0.05) is 13.1 Å². The van der Waals surface area contributed by atoms with E-state index in [-0.39, 0.29) is 11.8 Å². The van der Waals surface area contributed by atoms with Gasteiger partial charge in [-0.3, -0.25) is 9.59 Å². The molecule has 4 heteroatoms. The molecule has 0 aliphatic rings. The van der Waals surface area contributed by atoms with E-state index in [0.29, 0.717) is 31.8 Å². The molecule has 0 aliphatic heterocycles. The lowest BCUT2D eigenvalue weighted by Crippen LogP contribution is -2.51. The molecule has 0 aromatic heterocycles. The fourth-order valence-electron chi connectivity index (χ4n) is 3.57. The van der Waals surface area contributed by atoms with E-state index in [0.717, 1.165) is 23.1 Å². The summed E-state index contributed by atoms with van der Waals surface area (Å²) in [6, 6.07) is 15.9. The topological polar surface area (TPSA) is 49.4 Å². The summed E-state index contributed by atoms with van der Waals surface area (Å²) in [5, 5.41) is 3.02. The number of carbonyl (C=O) groups excluding carboxylic acids is 2. The van der Waals surface area contributed by atoms with E-state index in [1.165, 1.54) is 5.56 Å². The summed E-state index contributed by atoms with van der Waals surface area (Å²) in [6.07, 6.45) is 1.64. The van der Waals surface area contributed by atoms with Crippen LogP contribution in [-0.4, -0.2) is 35.8 Å². The molecule has 2 rings (SSSR count). The lowest BCUT2D eigenvalue weighted by atomic mass is 10.0. The average molecular weight is 409 g/mol. The number of hydrogen-bond donors (Lipinski definition) is 1. The highest BCUT2D eigenvalue weighted by Crippen LogP contribution is 2.16. The Morgan fingerprint density at radius 3 is 2.37 bits per heavy atom. The monoisotopic (exact) mass is 408 g/mol. The third-order valence-electron chi connectivity index (χ3n) is 5.40. The van der Waals surface area contributed by atoms with Crippen LogP contribution in [0.2, 0.25) is 0 Å². The van der Waals surface area contributed by atoms with E-state index < -0.39 is 6.04 Å². The van der Waals surface area contributed by atoms with Crippen LogP contribution in [0, 0.1) is 19.8 Å². The van der Waals surface area contributed by atoms with Crippen LogP contribution in [0.5, 0.6) is 0 Å². The largest absolute Gasteiger partial charge is 0.354 e. The van der Waals surface area contributed by atoms with Gasteiger partial charge >= 0.3 is 0 Å². The molecule has 2 amide bonds. The number of hydrogen-bond acceptors (Lipinski definition) is 2. The molecule has 162 valence electrons. The first-order valence-electron chi connectivity index (χ1n) is 11.0. The highest BCUT2D eigenvalue weighted by atomic mass is 16.2. The van der Waals surface area contributed by atoms with Gasteiger partial charge in [-0.1, -0.05) is 74.9 Å². The van der Waals surface area contributed by atoms with Gasteiger partial charge in [-0.2, -0.15) is 0 Å². The highest BCUT2D eigenvalue weighted by Gasteiger charge is 2.28. The second-order valence-corrected chi connectivity index (χ2v) is 8.49. The lowest BCUT2D eigenvalue weighted by molar-refractivity contribution is -0.140. The van der Waals surface area contributed by atoms with Crippen molar-refractivity contribution in [3.8, 4) is 0 Å². The standard InChI is InChI=1S/C26H36N2O2/c1-6-24(26(30)27-18-19(2)3)28(15-14-22-10-8-7-9-11-22)25(29)17-23-16-20(4)12-13-21(23)5/h7-13,16,19,24H,6,14-15,17-18H2,1-5H3,(H,27,30)/t24-/m0/s1. The maximum Gasteiger partial charge on any atom is 0.242 e. The van der Waals surface area contributed by atoms with Crippen molar-refractivity contribution in [1.29, 1.82) is 0 Å². The molecule has 4 nitrogen and oxygen atoms in total. The molecule has 1 atom stereocenters. The molecule has 0 spiro atoms. The molecule has 30 heavy (non-hydrogen) atoms.